The number of ether oxygens (including phenoxy) is 3. The fraction of sp³-hybridized carbons (Fsp3) is 0.800. The highest BCUT2D eigenvalue weighted by molar-refractivity contribution is 5.90. The predicted octanol–water partition coefficient (Wildman–Crippen LogP) is 6.79. The van der Waals surface area contributed by atoms with Crippen LogP contribution in [0.1, 0.15) is 99.8 Å². The van der Waals surface area contributed by atoms with E-state index in [0.717, 1.165) is 44.1 Å². The van der Waals surface area contributed by atoms with E-state index in [4.69, 9.17) is 19.3 Å². The number of allylic oxidation sites excluding steroid dienone is 1. The molecule has 0 radical (unpaired) electrons. The van der Waals surface area contributed by atoms with Gasteiger partial charge in [0.15, 0.2) is 0 Å². The van der Waals surface area contributed by atoms with Gasteiger partial charge < -0.3 is 24.1 Å². The number of methoxy groups -OCH3 is 2. The van der Waals surface area contributed by atoms with Crippen molar-refractivity contribution in [1.82, 2.24) is 0 Å². The Morgan fingerprint density at radius 3 is 2.31 bits per heavy atom. The van der Waals surface area contributed by atoms with Crippen molar-refractivity contribution in [1.29, 1.82) is 0 Å². The van der Waals surface area contributed by atoms with E-state index in [1.54, 1.807) is 14.2 Å². The Bertz CT molecular complexity index is 1120. The Hall–Kier alpha value is -1.99. The molecule has 3 saturated carbocycles. The first kappa shape index (κ1) is 32.9. The zero-order valence-corrected chi connectivity index (χ0v) is 27.3. The molecule has 3 fully saturated rings. The summed E-state index contributed by atoms with van der Waals surface area (Å²) in [7, 11) is 3.56. The molecule has 0 unspecified atom stereocenters. The summed E-state index contributed by atoms with van der Waals surface area (Å²) >= 11 is 0. The molecule has 236 valence electrons. The molecule has 0 aromatic rings. The summed E-state index contributed by atoms with van der Waals surface area (Å²) in [6, 6.07) is 0. The molecule has 4 aliphatic carbocycles. The Balaban J connectivity index is 1.70. The number of esters is 1. The van der Waals surface area contributed by atoms with Crippen molar-refractivity contribution in [3.63, 3.8) is 0 Å². The minimum absolute atomic E-state index is 0.0456. The van der Waals surface area contributed by atoms with Crippen molar-refractivity contribution in [2.24, 2.45) is 45.3 Å². The second kappa shape index (κ2) is 11.8. The minimum Gasteiger partial charge on any atom is -0.481 e. The largest absolute Gasteiger partial charge is 0.481 e. The number of rotatable bonds is 10. The van der Waals surface area contributed by atoms with Gasteiger partial charge in [0.05, 0.1) is 12.2 Å². The number of carbonyl (C=O) groups excluding carboxylic acids is 2. The van der Waals surface area contributed by atoms with Gasteiger partial charge in [0.2, 0.25) is 0 Å². The highest BCUT2D eigenvalue weighted by atomic mass is 16.5. The van der Waals surface area contributed by atoms with E-state index in [-0.39, 0.29) is 34.9 Å². The maximum atomic E-state index is 13.5. The molecule has 0 saturated heterocycles. The molecule has 1 N–H and O–H groups in total. The maximum Gasteiger partial charge on any atom is 0.317 e. The van der Waals surface area contributed by atoms with Crippen LogP contribution in [0.3, 0.4) is 0 Å². The topological polar surface area (TPSA) is 99.1 Å². The van der Waals surface area contributed by atoms with E-state index in [9.17, 15) is 14.4 Å². The Labute approximate surface area is 252 Å². The number of aliphatic carboxylic acids is 1. The first-order valence-electron chi connectivity index (χ1n) is 15.9. The predicted molar refractivity (Wildman–Crippen MR) is 162 cm³/mol. The third kappa shape index (κ3) is 5.21. The number of carbonyl (C=O) groups is 3. The smallest absolute Gasteiger partial charge is 0.317 e. The molecular formula is C35H54O7. The van der Waals surface area contributed by atoms with Crippen LogP contribution >= 0.6 is 0 Å². The van der Waals surface area contributed by atoms with Crippen LogP contribution in [0.5, 0.6) is 0 Å². The summed E-state index contributed by atoms with van der Waals surface area (Å²) in [4.78, 5) is 37.0. The molecule has 0 aromatic carbocycles. The van der Waals surface area contributed by atoms with Crippen molar-refractivity contribution in [2.45, 2.75) is 118 Å². The standard InChI is InChI=1S/C35H54O7/c1-21(2)16-23(40-8)17-22(3)24-12-13-34(7)31-27(41-9)18-26-25(35(31,20-36)15-14-33(24,34)6)10-11-28(32(26,4)5)42-30(39)19-29(37)38/h16,18,20,22-25,27-28,31H,10-15,17,19H2,1-9H3,(H,37,38)/t22-,23-,24-,25-,27+,28+,31+,33-,34+,35-/m1/s1. The second-order valence-electron chi connectivity index (χ2n) is 15.1. The molecule has 7 heteroatoms. The first-order valence-corrected chi connectivity index (χ1v) is 15.9. The van der Waals surface area contributed by atoms with Crippen molar-refractivity contribution in [3.8, 4) is 0 Å². The highest BCUT2D eigenvalue weighted by Crippen LogP contribution is 2.75. The fourth-order valence-corrected chi connectivity index (χ4v) is 10.4. The highest BCUT2D eigenvalue weighted by Gasteiger charge is 2.71. The Kier molecular flexibility index (Phi) is 9.27. The van der Waals surface area contributed by atoms with Crippen LogP contribution in [-0.2, 0) is 28.6 Å². The van der Waals surface area contributed by atoms with E-state index >= 15 is 0 Å². The Morgan fingerprint density at radius 2 is 1.74 bits per heavy atom. The van der Waals surface area contributed by atoms with Crippen molar-refractivity contribution >= 4 is 18.2 Å². The number of fused-ring (bicyclic) bond motifs is 5. The first-order chi connectivity index (χ1) is 19.6. The van der Waals surface area contributed by atoms with Crippen LogP contribution in [0.15, 0.2) is 23.3 Å². The molecule has 0 spiro atoms. The van der Waals surface area contributed by atoms with Crippen LogP contribution < -0.4 is 0 Å². The second-order valence-corrected chi connectivity index (χ2v) is 15.1. The van der Waals surface area contributed by atoms with Crippen LogP contribution in [0.2, 0.25) is 0 Å². The van der Waals surface area contributed by atoms with Crippen molar-refractivity contribution < 1.29 is 33.7 Å². The summed E-state index contributed by atoms with van der Waals surface area (Å²) in [6.45, 7) is 15.7. The zero-order valence-electron chi connectivity index (χ0n) is 27.3. The zero-order chi connectivity index (χ0) is 31.3. The van der Waals surface area contributed by atoms with Gasteiger partial charge in [-0.3, -0.25) is 9.59 Å². The minimum atomic E-state index is -1.19. The number of carboxylic acids is 1. The number of aldehydes is 1. The molecule has 4 rings (SSSR count). The number of hydrogen-bond acceptors (Lipinski definition) is 6. The van der Waals surface area contributed by atoms with Gasteiger partial charge in [-0.15, -0.1) is 0 Å². The normalized spacial score (nSPS) is 39.9. The maximum absolute atomic E-state index is 13.5. The van der Waals surface area contributed by atoms with Crippen LogP contribution in [0.25, 0.3) is 0 Å². The molecule has 0 aliphatic heterocycles. The fourth-order valence-electron chi connectivity index (χ4n) is 10.4. The third-order valence-electron chi connectivity index (χ3n) is 12.6. The van der Waals surface area contributed by atoms with E-state index < -0.39 is 35.3 Å². The van der Waals surface area contributed by atoms with E-state index in [0.29, 0.717) is 18.3 Å². The quantitative estimate of drug-likeness (QED) is 0.130. The summed E-state index contributed by atoms with van der Waals surface area (Å²) in [6.07, 6.45) is 10.9. The number of carboxylic acid groups (broad SMARTS) is 1. The summed E-state index contributed by atoms with van der Waals surface area (Å²) in [5.41, 5.74) is 1.28. The summed E-state index contributed by atoms with van der Waals surface area (Å²) in [5.74, 6) is -0.804. The molecule has 0 aromatic heterocycles. The molecule has 10 atom stereocenters. The summed E-state index contributed by atoms with van der Waals surface area (Å²) in [5, 5.41) is 9.08. The molecule has 0 heterocycles. The van der Waals surface area contributed by atoms with Gasteiger partial charge in [0.25, 0.3) is 0 Å². The van der Waals surface area contributed by atoms with Gasteiger partial charge in [-0.1, -0.05) is 57.9 Å². The molecule has 4 aliphatic rings. The van der Waals surface area contributed by atoms with E-state index in [2.05, 4.69) is 60.6 Å². The molecule has 0 amide bonds. The average molecular weight is 587 g/mol. The van der Waals surface area contributed by atoms with Gasteiger partial charge in [0, 0.05) is 31.0 Å². The summed E-state index contributed by atoms with van der Waals surface area (Å²) < 4.78 is 17.9. The number of hydrogen-bond donors (Lipinski definition) is 1. The van der Waals surface area contributed by atoms with Gasteiger partial charge in [0.1, 0.15) is 18.8 Å². The van der Waals surface area contributed by atoms with Gasteiger partial charge in [-0.25, -0.2) is 0 Å². The van der Waals surface area contributed by atoms with Gasteiger partial charge >= 0.3 is 11.9 Å². The van der Waals surface area contributed by atoms with Crippen molar-refractivity contribution in [3.05, 3.63) is 23.3 Å². The molecule has 0 bridgehead atoms. The molecule has 42 heavy (non-hydrogen) atoms. The monoisotopic (exact) mass is 586 g/mol. The lowest BCUT2D eigenvalue weighted by Gasteiger charge is -2.66. The van der Waals surface area contributed by atoms with Crippen LogP contribution in [0, 0.1) is 45.3 Å². The lowest BCUT2D eigenvalue weighted by molar-refractivity contribution is -0.189. The third-order valence-corrected chi connectivity index (χ3v) is 12.6. The average Bonchev–Trinajstić information content (AvgIpc) is 3.19. The van der Waals surface area contributed by atoms with Gasteiger partial charge in [-0.2, -0.15) is 0 Å². The molecule has 7 nitrogen and oxygen atoms in total. The molecular weight excluding hydrogens is 532 g/mol. The van der Waals surface area contributed by atoms with Crippen LogP contribution in [0.4, 0.5) is 0 Å². The lowest BCUT2D eigenvalue weighted by atomic mass is 9.38. The van der Waals surface area contributed by atoms with E-state index in [1.807, 2.05) is 0 Å². The van der Waals surface area contributed by atoms with Gasteiger partial charge in [-0.05, 0) is 87.4 Å². The van der Waals surface area contributed by atoms with E-state index in [1.165, 1.54) is 11.9 Å². The van der Waals surface area contributed by atoms with Crippen LogP contribution in [-0.4, -0.2) is 55.9 Å². The van der Waals surface area contributed by atoms with Crippen molar-refractivity contribution in [2.75, 3.05) is 14.2 Å². The SMILES string of the molecule is CO[C@H](C=C(C)C)C[C@@H](C)[C@H]1CC[C@@]2(C)[C@@H]3[C@@H](OC)C=C4[C@@H](CC[C@H](OC(=O)CC(=O)O)C4(C)C)[C@]3(C=O)CC[C@]12C. The Morgan fingerprint density at radius 1 is 1.05 bits per heavy atom. The lowest BCUT2D eigenvalue weighted by Crippen LogP contribution is -2.64.